The number of benzene rings is 2. The Hall–Kier alpha value is -1.34. The molecule has 0 spiro atoms. The van der Waals surface area contributed by atoms with Gasteiger partial charge >= 0.3 is 0 Å². The fourth-order valence-corrected chi connectivity index (χ4v) is 4.65. The second-order valence-electron chi connectivity index (χ2n) is 5.10. The SMILES string of the molecule is CCOc1c(Cl)cc(/C=C2/SC(=S)N(c3ccccc3)C2=O)cc1Br. The minimum absolute atomic E-state index is 0.137. The molecule has 1 fully saturated rings. The predicted octanol–water partition coefficient (Wildman–Crippen LogP) is 5.91. The Morgan fingerprint density at radius 1 is 1.32 bits per heavy atom. The highest BCUT2D eigenvalue weighted by atomic mass is 79.9. The Labute approximate surface area is 169 Å². The molecule has 0 aliphatic carbocycles. The zero-order valence-corrected chi connectivity index (χ0v) is 17.1. The van der Waals surface area contributed by atoms with Crippen LogP contribution in [0.5, 0.6) is 5.75 Å². The van der Waals surface area contributed by atoms with Crippen molar-refractivity contribution in [2.45, 2.75) is 6.92 Å². The number of carbonyl (C=O) groups is 1. The van der Waals surface area contributed by atoms with Crippen LogP contribution in [-0.2, 0) is 4.79 Å². The molecule has 0 N–H and O–H groups in total. The largest absolute Gasteiger partial charge is 0.491 e. The number of carbonyl (C=O) groups excluding carboxylic acids is 1. The van der Waals surface area contributed by atoms with Crippen LogP contribution >= 0.6 is 51.5 Å². The molecule has 0 atom stereocenters. The van der Waals surface area contributed by atoms with Gasteiger partial charge in [-0.3, -0.25) is 9.69 Å². The predicted molar refractivity (Wildman–Crippen MR) is 112 cm³/mol. The van der Waals surface area contributed by atoms with Crippen molar-refractivity contribution in [3.8, 4) is 5.75 Å². The molecule has 1 aliphatic rings. The average molecular weight is 455 g/mol. The number of ether oxygens (including phenoxy) is 1. The number of rotatable bonds is 4. The number of para-hydroxylation sites is 1. The highest BCUT2D eigenvalue weighted by molar-refractivity contribution is 9.10. The van der Waals surface area contributed by atoms with Crippen LogP contribution in [0.1, 0.15) is 12.5 Å². The summed E-state index contributed by atoms with van der Waals surface area (Å²) in [6.45, 7) is 2.42. The van der Waals surface area contributed by atoms with Gasteiger partial charge in [-0.05, 0) is 58.8 Å². The lowest BCUT2D eigenvalue weighted by Crippen LogP contribution is -2.27. The molecule has 0 saturated carbocycles. The first-order valence-corrected chi connectivity index (χ1v) is 9.85. The molecular weight excluding hydrogens is 442 g/mol. The molecule has 7 heteroatoms. The van der Waals surface area contributed by atoms with Gasteiger partial charge in [0.25, 0.3) is 5.91 Å². The Bertz CT molecular complexity index is 848. The number of nitrogens with zero attached hydrogens (tertiary/aromatic N) is 1. The number of halogens is 2. The van der Waals surface area contributed by atoms with E-state index >= 15 is 0 Å². The lowest BCUT2D eigenvalue weighted by molar-refractivity contribution is -0.113. The number of hydrogen-bond donors (Lipinski definition) is 0. The number of thiocarbonyl (C=S) groups is 1. The topological polar surface area (TPSA) is 29.5 Å². The summed E-state index contributed by atoms with van der Waals surface area (Å²) < 4.78 is 6.76. The molecule has 1 amide bonds. The number of hydrogen-bond acceptors (Lipinski definition) is 4. The molecule has 0 radical (unpaired) electrons. The molecule has 1 saturated heterocycles. The molecule has 0 aromatic heterocycles. The van der Waals surface area contributed by atoms with Gasteiger partial charge in [-0.25, -0.2) is 0 Å². The number of amides is 1. The van der Waals surface area contributed by atoms with Crippen LogP contribution in [0.25, 0.3) is 6.08 Å². The van der Waals surface area contributed by atoms with E-state index in [2.05, 4.69) is 15.9 Å². The average Bonchev–Trinajstić information content (AvgIpc) is 2.85. The molecule has 0 bridgehead atoms. The minimum atomic E-state index is -0.137. The van der Waals surface area contributed by atoms with Crippen molar-refractivity contribution in [3.05, 3.63) is 62.4 Å². The molecular formula is C18H13BrClNO2S2. The summed E-state index contributed by atoms with van der Waals surface area (Å²) in [7, 11) is 0. The molecule has 128 valence electrons. The molecule has 2 aromatic carbocycles. The van der Waals surface area contributed by atoms with Crippen LogP contribution in [0.4, 0.5) is 5.69 Å². The highest BCUT2D eigenvalue weighted by Crippen LogP contribution is 2.38. The van der Waals surface area contributed by atoms with Gasteiger partial charge in [-0.2, -0.15) is 0 Å². The summed E-state index contributed by atoms with van der Waals surface area (Å²) in [6, 6.07) is 13.0. The second-order valence-corrected chi connectivity index (χ2v) is 8.04. The smallest absolute Gasteiger partial charge is 0.270 e. The molecule has 25 heavy (non-hydrogen) atoms. The third kappa shape index (κ3) is 3.92. The van der Waals surface area contributed by atoms with E-state index in [4.69, 9.17) is 28.6 Å². The van der Waals surface area contributed by atoms with Crippen molar-refractivity contribution in [1.29, 1.82) is 0 Å². The fraction of sp³-hybridized carbons (Fsp3) is 0.111. The third-order valence-corrected chi connectivity index (χ3v) is 5.59. The highest BCUT2D eigenvalue weighted by Gasteiger charge is 2.33. The van der Waals surface area contributed by atoms with E-state index in [0.29, 0.717) is 26.6 Å². The van der Waals surface area contributed by atoms with Crippen LogP contribution in [-0.4, -0.2) is 16.8 Å². The van der Waals surface area contributed by atoms with Crippen LogP contribution in [0, 0.1) is 0 Å². The lowest BCUT2D eigenvalue weighted by atomic mass is 10.2. The number of anilines is 1. The monoisotopic (exact) mass is 453 g/mol. The fourth-order valence-electron chi connectivity index (χ4n) is 2.36. The van der Waals surface area contributed by atoms with Crippen molar-refractivity contribution in [3.63, 3.8) is 0 Å². The van der Waals surface area contributed by atoms with Gasteiger partial charge in [0.05, 0.1) is 26.7 Å². The van der Waals surface area contributed by atoms with Gasteiger partial charge in [0.15, 0.2) is 10.1 Å². The summed E-state index contributed by atoms with van der Waals surface area (Å²) in [4.78, 5) is 14.8. The maximum atomic E-state index is 12.7. The normalized spacial score (nSPS) is 16.0. The van der Waals surface area contributed by atoms with Crippen molar-refractivity contribution in [2.75, 3.05) is 11.5 Å². The van der Waals surface area contributed by atoms with Gasteiger partial charge in [0.1, 0.15) is 0 Å². The van der Waals surface area contributed by atoms with E-state index in [1.54, 1.807) is 12.1 Å². The first-order chi connectivity index (χ1) is 12.0. The molecule has 2 aromatic rings. The molecule has 3 nitrogen and oxygen atoms in total. The van der Waals surface area contributed by atoms with Gasteiger partial charge < -0.3 is 4.74 Å². The van der Waals surface area contributed by atoms with Crippen molar-refractivity contribution < 1.29 is 9.53 Å². The maximum absolute atomic E-state index is 12.7. The van der Waals surface area contributed by atoms with Crippen LogP contribution in [0.15, 0.2) is 51.8 Å². The summed E-state index contributed by atoms with van der Waals surface area (Å²) in [5.74, 6) is 0.459. The lowest BCUT2D eigenvalue weighted by Gasteiger charge is -2.13. The first-order valence-electron chi connectivity index (χ1n) is 7.46. The van der Waals surface area contributed by atoms with E-state index in [1.165, 1.54) is 16.7 Å². The minimum Gasteiger partial charge on any atom is -0.491 e. The summed E-state index contributed by atoms with van der Waals surface area (Å²) in [5.41, 5.74) is 1.56. The molecule has 0 unspecified atom stereocenters. The molecule has 1 heterocycles. The Kier molecular flexibility index (Phi) is 5.84. The first kappa shape index (κ1) is 18.5. The summed E-state index contributed by atoms with van der Waals surface area (Å²) >= 11 is 16.4. The summed E-state index contributed by atoms with van der Waals surface area (Å²) in [5, 5.41) is 0.487. The Morgan fingerprint density at radius 2 is 2.04 bits per heavy atom. The zero-order valence-electron chi connectivity index (χ0n) is 13.2. The van der Waals surface area contributed by atoms with Crippen molar-refractivity contribution in [2.24, 2.45) is 0 Å². The van der Waals surface area contributed by atoms with Crippen LogP contribution < -0.4 is 9.64 Å². The molecule has 3 rings (SSSR count). The van der Waals surface area contributed by atoms with E-state index in [-0.39, 0.29) is 5.91 Å². The number of thioether (sulfide) groups is 1. The Balaban J connectivity index is 1.93. The van der Waals surface area contributed by atoms with Crippen molar-refractivity contribution >= 4 is 73.5 Å². The second kappa shape index (κ2) is 7.91. The van der Waals surface area contributed by atoms with Crippen molar-refractivity contribution in [1.82, 2.24) is 0 Å². The van der Waals surface area contributed by atoms with Crippen LogP contribution in [0.3, 0.4) is 0 Å². The summed E-state index contributed by atoms with van der Waals surface area (Å²) in [6.07, 6.45) is 1.79. The third-order valence-electron chi connectivity index (χ3n) is 3.42. The zero-order chi connectivity index (χ0) is 18.0. The van der Waals surface area contributed by atoms with Crippen LogP contribution in [0.2, 0.25) is 5.02 Å². The standard InChI is InChI=1S/C18H13BrClNO2S2/c1-2-23-16-13(19)8-11(9-14(16)20)10-15-17(22)21(18(24)25-15)12-6-4-3-5-7-12/h3-10H,2H2,1H3/b15-10+. The van der Waals surface area contributed by atoms with E-state index in [9.17, 15) is 4.79 Å². The van der Waals surface area contributed by atoms with Gasteiger partial charge in [0, 0.05) is 0 Å². The van der Waals surface area contributed by atoms with E-state index < -0.39 is 0 Å². The van der Waals surface area contributed by atoms with Gasteiger partial charge in [-0.15, -0.1) is 0 Å². The maximum Gasteiger partial charge on any atom is 0.270 e. The quantitative estimate of drug-likeness (QED) is 0.424. The Morgan fingerprint density at radius 3 is 2.68 bits per heavy atom. The molecule has 1 aliphatic heterocycles. The van der Waals surface area contributed by atoms with Gasteiger partial charge in [-0.1, -0.05) is 53.8 Å². The van der Waals surface area contributed by atoms with E-state index in [1.807, 2.05) is 43.3 Å². The van der Waals surface area contributed by atoms with E-state index in [0.717, 1.165) is 15.7 Å². The van der Waals surface area contributed by atoms with Gasteiger partial charge in [0.2, 0.25) is 0 Å².